The zero-order valence-electron chi connectivity index (χ0n) is 23.1. The second-order valence-corrected chi connectivity index (χ2v) is 14.1. The standard InChI is InChI=1S/C28H39BrN4O3S2/c1-7-31(8-2)15-16-33(28-30-25-14-11-23(29)17-26(25)37-28)27(34)22-9-12-24(13-10-22)38(35,36)32(18-20(3)4)19-21(5)6/h9-14,17,20-21H,7-8,15-16,18-19H2,1-6H3. The van der Waals surface area contributed by atoms with Gasteiger partial charge in [-0.2, -0.15) is 4.31 Å². The van der Waals surface area contributed by atoms with E-state index in [0.29, 0.717) is 36.9 Å². The highest BCUT2D eigenvalue weighted by Crippen LogP contribution is 2.32. The highest BCUT2D eigenvalue weighted by Gasteiger charge is 2.27. The van der Waals surface area contributed by atoms with Gasteiger partial charge in [0, 0.05) is 36.2 Å². The molecule has 0 saturated carbocycles. The van der Waals surface area contributed by atoms with Gasteiger partial charge >= 0.3 is 0 Å². The number of likely N-dealkylation sites (N-methyl/N-ethyl adjacent to an activating group) is 1. The van der Waals surface area contributed by atoms with Crippen molar-refractivity contribution in [3.8, 4) is 0 Å². The fraction of sp³-hybridized carbons (Fsp3) is 0.500. The molecule has 2 aromatic carbocycles. The van der Waals surface area contributed by atoms with Gasteiger partial charge < -0.3 is 4.90 Å². The molecule has 10 heteroatoms. The molecule has 0 aliphatic rings. The molecule has 3 rings (SSSR count). The summed E-state index contributed by atoms with van der Waals surface area (Å²) in [6.45, 7) is 16.1. The van der Waals surface area contributed by atoms with E-state index in [9.17, 15) is 13.2 Å². The molecule has 0 N–H and O–H groups in total. The Bertz CT molecular complexity index is 1310. The Labute approximate surface area is 240 Å². The van der Waals surface area contributed by atoms with Crippen molar-refractivity contribution in [1.82, 2.24) is 14.2 Å². The number of aromatic nitrogens is 1. The Hall–Kier alpha value is -1.85. The molecule has 0 atom stereocenters. The van der Waals surface area contributed by atoms with Gasteiger partial charge in [-0.1, -0.05) is 68.8 Å². The molecule has 1 aromatic heterocycles. The molecule has 3 aromatic rings. The lowest BCUT2D eigenvalue weighted by molar-refractivity contribution is 0.0983. The highest BCUT2D eigenvalue weighted by atomic mass is 79.9. The lowest BCUT2D eigenvalue weighted by Gasteiger charge is -2.26. The summed E-state index contributed by atoms with van der Waals surface area (Å²) in [7, 11) is -3.67. The van der Waals surface area contributed by atoms with Gasteiger partial charge in [-0.05, 0) is 67.4 Å². The third-order valence-electron chi connectivity index (χ3n) is 6.23. The van der Waals surface area contributed by atoms with Crippen molar-refractivity contribution in [2.45, 2.75) is 46.4 Å². The van der Waals surface area contributed by atoms with Crippen LogP contribution in [0.3, 0.4) is 0 Å². The number of anilines is 1. The Morgan fingerprint density at radius 1 is 0.947 bits per heavy atom. The van der Waals surface area contributed by atoms with Gasteiger partial charge in [0.25, 0.3) is 5.91 Å². The van der Waals surface area contributed by atoms with E-state index in [4.69, 9.17) is 4.98 Å². The molecule has 208 valence electrons. The molecule has 0 aliphatic carbocycles. The Kier molecular flexibility index (Phi) is 10.9. The van der Waals surface area contributed by atoms with Crippen LogP contribution in [0.2, 0.25) is 0 Å². The van der Waals surface area contributed by atoms with E-state index in [1.54, 1.807) is 33.5 Å². The lowest BCUT2D eigenvalue weighted by Crippen LogP contribution is -2.39. The monoisotopic (exact) mass is 622 g/mol. The van der Waals surface area contributed by atoms with E-state index in [-0.39, 0.29) is 22.6 Å². The van der Waals surface area contributed by atoms with Crippen LogP contribution in [0.15, 0.2) is 51.8 Å². The van der Waals surface area contributed by atoms with Gasteiger partial charge in [0.15, 0.2) is 5.13 Å². The van der Waals surface area contributed by atoms with E-state index in [1.807, 2.05) is 45.9 Å². The quantitative estimate of drug-likeness (QED) is 0.222. The summed E-state index contributed by atoms with van der Waals surface area (Å²) in [5, 5.41) is 0.631. The molecular weight excluding hydrogens is 584 g/mol. The predicted octanol–water partition coefficient (Wildman–Crippen LogP) is 6.35. The number of carbonyl (C=O) groups excluding carboxylic acids is 1. The number of carbonyl (C=O) groups is 1. The van der Waals surface area contributed by atoms with Crippen molar-refractivity contribution in [3.05, 3.63) is 52.5 Å². The van der Waals surface area contributed by atoms with Crippen molar-refractivity contribution in [3.63, 3.8) is 0 Å². The third kappa shape index (κ3) is 7.63. The minimum Gasteiger partial charge on any atom is -0.302 e. The highest BCUT2D eigenvalue weighted by molar-refractivity contribution is 9.10. The Morgan fingerprint density at radius 2 is 1.55 bits per heavy atom. The van der Waals surface area contributed by atoms with E-state index in [0.717, 1.165) is 27.8 Å². The van der Waals surface area contributed by atoms with Crippen molar-refractivity contribution in [1.29, 1.82) is 0 Å². The summed E-state index contributed by atoms with van der Waals surface area (Å²) in [6, 6.07) is 12.2. The van der Waals surface area contributed by atoms with Gasteiger partial charge in [0.1, 0.15) is 0 Å². The number of thiazole rings is 1. The normalized spacial score (nSPS) is 12.4. The first kappa shape index (κ1) is 30.7. The van der Waals surface area contributed by atoms with Gasteiger partial charge in [0.05, 0.1) is 15.1 Å². The number of hydrogen-bond donors (Lipinski definition) is 0. The first-order valence-electron chi connectivity index (χ1n) is 13.2. The van der Waals surface area contributed by atoms with Crippen LogP contribution in [0.1, 0.15) is 51.9 Å². The largest absolute Gasteiger partial charge is 0.302 e. The maximum atomic E-state index is 13.8. The molecule has 1 amide bonds. The SMILES string of the molecule is CCN(CC)CCN(C(=O)c1ccc(S(=O)(=O)N(CC(C)C)CC(C)C)cc1)c1nc2ccc(Br)cc2s1. The first-order chi connectivity index (χ1) is 18.0. The Balaban J connectivity index is 1.92. The second kappa shape index (κ2) is 13.5. The first-order valence-corrected chi connectivity index (χ1v) is 16.2. The number of halogens is 1. The average Bonchev–Trinajstić information content (AvgIpc) is 3.28. The molecule has 0 aliphatic heterocycles. The van der Waals surface area contributed by atoms with E-state index in [1.165, 1.54) is 11.3 Å². The summed E-state index contributed by atoms with van der Waals surface area (Å²) < 4.78 is 30.3. The number of benzene rings is 2. The minimum atomic E-state index is -3.67. The number of hydrogen-bond acceptors (Lipinski definition) is 6. The molecule has 0 saturated heterocycles. The van der Waals surface area contributed by atoms with Crippen molar-refractivity contribution >= 4 is 58.5 Å². The third-order valence-corrected chi connectivity index (χ3v) is 9.61. The number of rotatable bonds is 13. The van der Waals surface area contributed by atoms with Crippen LogP contribution in [0.25, 0.3) is 10.2 Å². The molecule has 1 heterocycles. The lowest BCUT2D eigenvalue weighted by atomic mass is 10.2. The number of nitrogens with zero attached hydrogens (tertiary/aromatic N) is 4. The Morgan fingerprint density at radius 3 is 2.11 bits per heavy atom. The average molecular weight is 624 g/mol. The number of fused-ring (bicyclic) bond motifs is 1. The second-order valence-electron chi connectivity index (χ2n) is 10.2. The molecule has 0 bridgehead atoms. The van der Waals surface area contributed by atoms with Gasteiger partial charge in [-0.15, -0.1) is 0 Å². The molecule has 0 radical (unpaired) electrons. The smallest absolute Gasteiger partial charge is 0.260 e. The summed E-state index contributed by atoms with van der Waals surface area (Å²) >= 11 is 4.99. The summed E-state index contributed by atoms with van der Waals surface area (Å²) in [5.41, 5.74) is 1.27. The maximum absolute atomic E-state index is 13.8. The molecule has 0 unspecified atom stereocenters. The molecule has 7 nitrogen and oxygen atoms in total. The maximum Gasteiger partial charge on any atom is 0.260 e. The van der Waals surface area contributed by atoms with Crippen LogP contribution in [0.4, 0.5) is 5.13 Å². The molecule has 0 fully saturated rings. The van der Waals surface area contributed by atoms with Crippen LogP contribution in [-0.2, 0) is 10.0 Å². The van der Waals surface area contributed by atoms with Gasteiger partial charge in [0.2, 0.25) is 10.0 Å². The number of sulfonamides is 1. The predicted molar refractivity (Wildman–Crippen MR) is 162 cm³/mol. The van der Waals surface area contributed by atoms with E-state index in [2.05, 4.69) is 34.7 Å². The van der Waals surface area contributed by atoms with Crippen molar-refractivity contribution in [2.75, 3.05) is 44.2 Å². The van der Waals surface area contributed by atoms with E-state index < -0.39 is 10.0 Å². The van der Waals surface area contributed by atoms with Crippen LogP contribution in [-0.4, -0.2) is 67.8 Å². The van der Waals surface area contributed by atoms with Gasteiger partial charge in [-0.25, -0.2) is 13.4 Å². The van der Waals surface area contributed by atoms with Crippen LogP contribution < -0.4 is 4.90 Å². The topological polar surface area (TPSA) is 73.8 Å². The van der Waals surface area contributed by atoms with E-state index >= 15 is 0 Å². The molecular formula is C28H39BrN4O3S2. The number of amides is 1. The van der Waals surface area contributed by atoms with Crippen LogP contribution in [0, 0.1) is 11.8 Å². The zero-order chi connectivity index (χ0) is 28.0. The zero-order valence-corrected chi connectivity index (χ0v) is 26.4. The summed E-state index contributed by atoms with van der Waals surface area (Å²) in [4.78, 5) is 22.7. The van der Waals surface area contributed by atoms with Gasteiger partial charge in [-0.3, -0.25) is 9.69 Å². The van der Waals surface area contributed by atoms with Crippen molar-refractivity contribution in [2.24, 2.45) is 11.8 Å². The molecule has 38 heavy (non-hydrogen) atoms. The molecule has 0 spiro atoms. The fourth-order valence-electron chi connectivity index (χ4n) is 4.23. The summed E-state index contributed by atoms with van der Waals surface area (Å²) in [5.74, 6) is 0.219. The fourth-order valence-corrected chi connectivity index (χ4v) is 7.54. The minimum absolute atomic E-state index is 0.194. The summed E-state index contributed by atoms with van der Waals surface area (Å²) in [6.07, 6.45) is 0. The van der Waals surface area contributed by atoms with Crippen LogP contribution >= 0.6 is 27.3 Å². The van der Waals surface area contributed by atoms with Crippen molar-refractivity contribution < 1.29 is 13.2 Å². The van der Waals surface area contributed by atoms with Crippen LogP contribution in [0.5, 0.6) is 0 Å².